The monoisotopic (exact) mass is 468 g/mol. The topological polar surface area (TPSA) is 93.5 Å². The number of para-hydroxylation sites is 3. The molecule has 0 atom stereocenters. The van der Waals surface area contributed by atoms with E-state index in [4.69, 9.17) is 4.74 Å². The summed E-state index contributed by atoms with van der Waals surface area (Å²) in [6.45, 7) is 4.29. The largest absolute Gasteiger partial charge is 0.455 e. The number of piperidine rings is 1. The molecule has 3 aromatic rings. The minimum Gasteiger partial charge on any atom is -0.455 e. The van der Waals surface area contributed by atoms with Gasteiger partial charge < -0.3 is 10.1 Å². The standard InChI is InChI=1S/C24H28N4O4S/c1-18-24(33(30,31)27-15-9-4-10-16-27)19(2)28(26-18)17-23(29)25-21-13-7-8-14-22(21)32-20-11-5-3-6-12-20/h3,5-8,11-14H,4,9-10,15-17H2,1-2H3,(H,25,29). The maximum Gasteiger partial charge on any atom is 0.246 e. The maximum atomic E-state index is 13.2. The van der Waals surface area contributed by atoms with Crippen LogP contribution in [0.15, 0.2) is 59.5 Å². The molecule has 9 heteroatoms. The van der Waals surface area contributed by atoms with E-state index in [1.807, 2.05) is 36.4 Å². The van der Waals surface area contributed by atoms with Gasteiger partial charge >= 0.3 is 0 Å². The molecule has 1 amide bonds. The molecular formula is C24H28N4O4S. The third-order valence-corrected chi connectivity index (χ3v) is 7.81. The molecule has 0 spiro atoms. The second-order valence-corrected chi connectivity index (χ2v) is 9.96. The molecule has 0 radical (unpaired) electrons. The first-order chi connectivity index (χ1) is 15.9. The molecule has 1 fully saturated rings. The first-order valence-corrected chi connectivity index (χ1v) is 12.5. The van der Waals surface area contributed by atoms with Crippen LogP contribution in [0.4, 0.5) is 5.69 Å². The number of rotatable bonds is 7. The fourth-order valence-corrected chi connectivity index (χ4v) is 5.93. The second-order valence-electron chi connectivity index (χ2n) is 8.08. The Balaban J connectivity index is 1.51. The minimum absolute atomic E-state index is 0.109. The Morgan fingerprint density at radius 1 is 1.00 bits per heavy atom. The number of anilines is 1. The van der Waals surface area contributed by atoms with Gasteiger partial charge in [-0.2, -0.15) is 9.40 Å². The molecule has 1 N–H and O–H groups in total. The molecular weight excluding hydrogens is 440 g/mol. The van der Waals surface area contributed by atoms with Crippen LogP contribution in [0.5, 0.6) is 11.5 Å². The molecule has 0 aliphatic carbocycles. The van der Waals surface area contributed by atoms with Crippen LogP contribution in [0.3, 0.4) is 0 Å². The van der Waals surface area contributed by atoms with Crippen molar-refractivity contribution in [3.05, 3.63) is 66.0 Å². The van der Waals surface area contributed by atoms with E-state index in [1.54, 1.807) is 32.0 Å². The van der Waals surface area contributed by atoms with Gasteiger partial charge in [0, 0.05) is 13.1 Å². The maximum absolute atomic E-state index is 13.2. The normalized spacial score (nSPS) is 14.7. The minimum atomic E-state index is -3.64. The lowest BCUT2D eigenvalue weighted by atomic mass is 10.2. The predicted octanol–water partition coefficient (Wildman–Crippen LogP) is 4.11. The number of aromatic nitrogens is 2. The first-order valence-electron chi connectivity index (χ1n) is 11.0. The van der Waals surface area contributed by atoms with Gasteiger partial charge in [0.05, 0.1) is 17.1 Å². The third-order valence-electron chi connectivity index (χ3n) is 5.65. The molecule has 2 aromatic carbocycles. The summed E-state index contributed by atoms with van der Waals surface area (Å²) in [6, 6.07) is 16.5. The molecule has 1 aliphatic rings. The van der Waals surface area contributed by atoms with Crippen molar-refractivity contribution < 1.29 is 17.9 Å². The number of nitrogens with zero attached hydrogens (tertiary/aromatic N) is 3. The van der Waals surface area contributed by atoms with Crippen molar-refractivity contribution in [2.45, 2.75) is 44.6 Å². The van der Waals surface area contributed by atoms with Gasteiger partial charge in [-0.15, -0.1) is 0 Å². The van der Waals surface area contributed by atoms with Crippen LogP contribution >= 0.6 is 0 Å². The van der Waals surface area contributed by atoms with Gasteiger partial charge in [-0.3, -0.25) is 9.48 Å². The van der Waals surface area contributed by atoms with Gasteiger partial charge in [0.1, 0.15) is 17.2 Å². The number of aryl methyl sites for hydroxylation is 1. The van der Waals surface area contributed by atoms with E-state index >= 15 is 0 Å². The highest BCUT2D eigenvalue weighted by Gasteiger charge is 2.32. The third kappa shape index (κ3) is 5.09. The van der Waals surface area contributed by atoms with E-state index < -0.39 is 10.0 Å². The van der Waals surface area contributed by atoms with Crippen LogP contribution in [-0.2, 0) is 21.4 Å². The number of sulfonamides is 1. The zero-order valence-electron chi connectivity index (χ0n) is 18.8. The Kier molecular flexibility index (Phi) is 6.80. The zero-order chi connectivity index (χ0) is 23.4. The zero-order valence-corrected chi connectivity index (χ0v) is 19.6. The average molecular weight is 469 g/mol. The van der Waals surface area contributed by atoms with Crippen molar-refractivity contribution in [2.75, 3.05) is 18.4 Å². The molecule has 0 unspecified atom stereocenters. The summed E-state index contributed by atoms with van der Waals surface area (Å²) in [5.74, 6) is 0.843. The highest BCUT2D eigenvalue weighted by atomic mass is 32.2. The second kappa shape index (κ2) is 9.76. The molecule has 0 saturated carbocycles. The Bertz CT molecular complexity index is 1230. The van der Waals surface area contributed by atoms with E-state index in [9.17, 15) is 13.2 Å². The summed E-state index contributed by atoms with van der Waals surface area (Å²) in [5, 5.41) is 7.21. The summed E-state index contributed by atoms with van der Waals surface area (Å²) in [4.78, 5) is 13.0. The van der Waals surface area contributed by atoms with Gasteiger partial charge in [-0.05, 0) is 51.0 Å². The number of carbonyl (C=O) groups is 1. The molecule has 33 heavy (non-hydrogen) atoms. The fraction of sp³-hybridized carbons (Fsp3) is 0.333. The molecule has 1 saturated heterocycles. The molecule has 2 heterocycles. The lowest BCUT2D eigenvalue weighted by Crippen LogP contribution is -2.36. The Labute approximate surface area is 194 Å². The van der Waals surface area contributed by atoms with E-state index in [-0.39, 0.29) is 17.3 Å². The first kappa shape index (κ1) is 23.0. The number of hydrogen-bond donors (Lipinski definition) is 1. The summed E-state index contributed by atoms with van der Waals surface area (Å²) in [7, 11) is -3.64. The average Bonchev–Trinajstić information content (AvgIpc) is 3.09. The molecule has 174 valence electrons. The number of nitrogens with one attached hydrogen (secondary N) is 1. The Morgan fingerprint density at radius 2 is 1.67 bits per heavy atom. The summed E-state index contributed by atoms with van der Waals surface area (Å²) in [6.07, 6.45) is 2.76. The number of ether oxygens (including phenoxy) is 1. The molecule has 1 aromatic heterocycles. The lowest BCUT2D eigenvalue weighted by molar-refractivity contribution is -0.117. The van der Waals surface area contributed by atoms with Crippen LogP contribution in [0, 0.1) is 13.8 Å². The van der Waals surface area contributed by atoms with Gasteiger partial charge in [0.2, 0.25) is 15.9 Å². The van der Waals surface area contributed by atoms with Crippen LogP contribution in [0.2, 0.25) is 0 Å². The number of benzene rings is 2. The predicted molar refractivity (Wildman–Crippen MR) is 126 cm³/mol. The van der Waals surface area contributed by atoms with Crippen LogP contribution < -0.4 is 10.1 Å². The molecule has 8 nitrogen and oxygen atoms in total. The molecule has 4 rings (SSSR count). The quantitative estimate of drug-likeness (QED) is 0.563. The highest BCUT2D eigenvalue weighted by Crippen LogP contribution is 2.30. The van der Waals surface area contributed by atoms with Gasteiger partial charge in [-0.1, -0.05) is 36.8 Å². The van der Waals surface area contributed by atoms with Crippen molar-refractivity contribution in [3.63, 3.8) is 0 Å². The molecule has 0 bridgehead atoms. The summed E-state index contributed by atoms with van der Waals surface area (Å²) >= 11 is 0. The van der Waals surface area contributed by atoms with Crippen molar-refractivity contribution in [1.82, 2.24) is 14.1 Å². The van der Waals surface area contributed by atoms with Crippen LogP contribution in [0.1, 0.15) is 30.7 Å². The Morgan fingerprint density at radius 3 is 2.39 bits per heavy atom. The van der Waals surface area contributed by atoms with E-state index in [1.165, 1.54) is 8.99 Å². The van der Waals surface area contributed by atoms with Crippen LogP contribution in [0.25, 0.3) is 0 Å². The van der Waals surface area contributed by atoms with Crippen molar-refractivity contribution >= 4 is 21.6 Å². The van der Waals surface area contributed by atoms with Gasteiger partial charge in [0.25, 0.3) is 0 Å². The summed E-state index contributed by atoms with van der Waals surface area (Å²) < 4.78 is 35.3. The van der Waals surface area contributed by atoms with Crippen molar-refractivity contribution in [1.29, 1.82) is 0 Å². The van der Waals surface area contributed by atoms with Gasteiger partial charge in [0.15, 0.2) is 5.75 Å². The lowest BCUT2D eigenvalue weighted by Gasteiger charge is -2.25. The van der Waals surface area contributed by atoms with Crippen molar-refractivity contribution in [2.24, 2.45) is 0 Å². The Hall–Kier alpha value is -3.17. The SMILES string of the molecule is Cc1nn(CC(=O)Nc2ccccc2Oc2ccccc2)c(C)c1S(=O)(=O)N1CCCCC1. The smallest absolute Gasteiger partial charge is 0.246 e. The van der Waals surface area contributed by atoms with Gasteiger partial charge in [-0.25, -0.2) is 8.42 Å². The number of hydrogen-bond acceptors (Lipinski definition) is 5. The number of amides is 1. The van der Waals surface area contributed by atoms with E-state index in [2.05, 4.69) is 10.4 Å². The fourth-order valence-electron chi connectivity index (χ4n) is 4.04. The number of carbonyl (C=O) groups excluding carboxylic acids is 1. The molecule has 1 aliphatic heterocycles. The van der Waals surface area contributed by atoms with Crippen LogP contribution in [-0.4, -0.2) is 41.5 Å². The summed E-state index contributed by atoms with van der Waals surface area (Å²) in [5.41, 5.74) is 1.38. The van der Waals surface area contributed by atoms with E-state index in [0.29, 0.717) is 41.7 Å². The van der Waals surface area contributed by atoms with Crippen molar-refractivity contribution in [3.8, 4) is 11.5 Å². The van der Waals surface area contributed by atoms with E-state index in [0.717, 1.165) is 19.3 Å². The highest BCUT2D eigenvalue weighted by molar-refractivity contribution is 7.89.